The normalized spacial score (nSPS) is 13.7. The van der Waals surface area contributed by atoms with Crippen molar-refractivity contribution in [2.24, 2.45) is 0 Å². The van der Waals surface area contributed by atoms with E-state index in [4.69, 9.17) is 10.2 Å². The van der Waals surface area contributed by atoms with Crippen LogP contribution in [0.4, 0.5) is 0 Å². The highest BCUT2D eigenvalue weighted by Crippen LogP contribution is 1.73. The number of hydrogen-bond acceptors (Lipinski definition) is 2. The highest BCUT2D eigenvalue weighted by Gasteiger charge is 2.01. The lowest BCUT2D eigenvalue weighted by atomic mass is 10.8. The lowest BCUT2D eigenvalue weighted by Crippen LogP contribution is -2.13. The molecule has 0 saturated heterocycles. The summed E-state index contributed by atoms with van der Waals surface area (Å²) in [5, 5.41) is 15.8. The molecule has 0 spiro atoms. The lowest BCUT2D eigenvalue weighted by Gasteiger charge is -1.89. The maximum absolute atomic E-state index is 9.45. The average molecular weight is 92.1 g/mol. The van der Waals surface area contributed by atoms with Crippen LogP contribution in [-0.4, -0.2) is 22.3 Å². The van der Waals surface area contributed by atoms with E-state index in [0.717, 1.165) is 0 Å². The molecular weight excluding hydrogens is 86.0 g/mol. The molecule has 0 bridgehead atoms. The van der Waals surface area contributed by atoms with E-state index >= 15 is 0 Å². The van der Waals surface area contributed by atoms with Crippen molar-refractivity contribution in [3.8, 4) is 0 Å². The predicted molar refractivity (Wildman–Crippen MR) is 19.3 cm³/mol. The van der Waals surface area contributed by atoms with Crippen LogP contribution in [-0.2, 0) is 4.79 Å². The summed E-state index contributed by atoms with van der Waals surface area (Å²) in [7, 11) is 0. The molecule has 0 heterocycles. The first-order valence-electron chi connectivity index (χ1n) is 1.55. The fourth-order valence-corrected chi connectivity index (χ4v) is 0. The highest BCUT2D eigenvalue weighted by atomic mass is 16.5. The van der Waals surface area contributed by atoms with Crippen molar-refractivity contribution in [2.45, 2.75) is 13.0 Å². The Kier molecular flexibility index (Phi) is 1.60. The summed E-state index contributed by atoms with van der Waals surface area (Å²) in [6.07, 6.45) is -1.23. The van der Waals surface area contributed by atoms with Crippen LogP contribution in [0.1, 0.15) is 6.92 Å². The van der Waals surface area contributed by atoms with Crippen molar-refractivity contribution >= 4 is 5.97 Å². The fourth-order valence-electron chi connectivity index (χ4n) is 0. The zero-order valence-corrected chi connectivity index (χ0v) is 3.38. The Hall–Kier alpha value is -0.570. The van der Waals surface area contributed by atoms with E-state index in [1.165, 1.54) is 6.92 Å². The average Bonchev–Trinajstić information content (AvgIpc) is 1.36. The van der Waals surface area contributed by atoms with Crippen LogP contribution >= 0.6 is 0 Å². The molecule has 0 fully saturated rings. The third kappa shape index (κ3) is 1.72. The molecule has 1 unspecified atom stereocenters. The van der Waals surface area contributed by atoms with Crippen LogP contribution in [0.15, 0.2) is 0 Å². The smallest absolute Gasteiger partial charge is 0.332 e. The van der Waals surface area contributed by atoms with Crippen LogP contribution in [0, 0.1) is 0 Å². The van der Waals surface area contributed by atoms with E-state index < -0.39 is 12.1 Å². The fraction of sp³-hybridized carbons (Fsp3) is 0.667. The Morgan fingerprint density at radius 3 is 2.00 bits per heavy atom. The first kappa shape index (κ1) is 5.43. The number of aliphatic hydroxyl groups excluding tert-OH is 1. The Balaban J connectivity index is 3.26. The summed E-state index contributed by atoms with van der Waals surface area (Å²) in [6, 6.07) is 0. The summed E-state index contributed by atoms with van der Waals surface area (Å²) in [5.74, 6) is -1.19. The molecule has 3 heteroatoms. The Morgan fingerprint density at radius 2 is 2.00 bits per heavy atom. The number of hydrogen-bond donors (Lipinski definition) is 2. The van der Waals surface area contributed by atoms with E-state index in [-0.39, 0.29) is 0 Å². The van der Waals surface area contributed by atoms with E-state index in [0.29, 0.717) is 0 Å². The van der Waals surface area contributed by atoms with Crippen molar-refractivity contribution < 1.29 is 15.0 Å². The molecule has 6 heavy (non-hydrogen) atoms. The van der Waals surface area contributed by atoms with E-state index in [2.05, 4.69) is 0 Å². The van der Waals surface area contributed by atoms with Gasteiger partial charge in [0, 0.05) is 0 Å². The quantitative estimate of drug-likeness (QED) is 0.427. The van der Waals surface area contributed by atoms with Crippen LogP contribution < -0.4 is 0 Å². The Bertz CT molecular complexity index is 57.1. The minimum absolute atomic E-state index is 1.19. The van der Waals surface area contributed by atoms with Crippen LogP contribution in [0.3, 0.4) is 0 Å². The highest BCUT2D eigenvalue weighted by molar-refractivity contribution is 5.71. The van der Waals surface area contributed by atoms with Crippen molar-refractivity contribution in [2.75, 3.05) is 0 Å². The van der Waals surface area contributed by atoms with Gasteiger partial charge in [-0.3, -0.25) is 0 Å². The molecule has 1 atom stereocenters. The molecule has 0 saturated carbocycles. The van der Waals surface area contributed by atoms with Gasteiger partial charge in [-0.1, -0.05) is 0 Å². The predicted octanol–water partition coefficient (Wildman–Crippen LogP) is -0.548. The molecule has 0 aromatic heterocycles. The molecule has 0 aliphatic rings. The number of aliphatic hydroxyl groups is 1. The third-order valence-corrected chi connectivity index (χ3v) is 0.357. The molecule has 2 N–H and O–H groups in total. The van der Waals surface area contributed by atoms with Gasteiger partial charge in [0.1, 0.15) is 6.10 Å². The Morgan fingerprint density at radius 1 is 1.83 bits per heavy atom. The van der Waals surface area contributed by atoms with Crippen molar-refractivity contribution in [1.82, 2.24) is 0 Å². The van der Waals surface area contributed by atoms with Gasteiger partial charge in [0.2, 0.25) is 0 Å². The minimum atomic E-state index is -1.23. The van der Waals surface area contributed by atoms with Crippen molar-refractivity contribution in [1.29, 1.82) is 0 Å². The summed E-state index contributed by atoms with van der Waals surface area (Å²) >= 11 is 0. The minimum Gasteiger partial charge on any atom is -0.479 e. The van der Waals surface area contributed by atoms with Crippen LogP contribution in [0.25, 0.3) is 0 Å². The zero-order chi connectivity index (χ0) is 5.15. The van der Waals surface area contributed by atoms with Gasteiger partial charge in [-0.2, -0.15) is 0 Å². The van der Waals surface area contributed by atoms with E-state index in [1.54, 1.807) is 0 Å². The molecule has 36 valence electrons. The first-order chi connectivity index (χ1) is 2.64. The van der Waals surface area contributed by atoms with Crippen molar-refractivity contribution in [3.05, 3.63) is 0 Å². The molecule has 0 aliphatic carbocycles. The molecule has 0 aromatic rings. The van der Waals surface area contributed by atoms with Gasteiger partial charge in [-0.25, -0.2) is 4.79 Å². The number of rotatable bonds is 1. The van der Waals surface area contributed by atoms with Gasteiger partial charge in [0.15, 0.2) is 0 Å². The van der Waals surface area contributed by atoms with Gasteiger partial charge in [0.25, 0.3) is 0 Å². The van der Waals surface area contributed by atoms with Gasteiger partial charge >= 0.3 is 5.97 Å². The molecular formula is C3H6O3. The molecule has 0 rings (SSSR count). The number of carboxylic acids is 1. The lowest BCUT2D eigenvalue weighted by molar-refractivity contribution is -0.145. The van der Waals surface area contributed by atoms with E-state index in [1.807, 2.05) is 0 Å². The summed E-state index contributed by atoms with van der Waals surface area (Å²) < 4.78 is 0. The van der Waals surface area contributed by atoms with E-state index in [9.17, 15) is 4.79 Å². The largest absolute Gasteiger partial charge is 0.479 e. The molecule has 0 aliphatic heterocycles. The summed E-state index contributed by atoms with van der Waals surface area (Å²) in [5.41, 5.74) is 0. The number of carbonyl (C=O) groups is 1. The SMILES string of the molecule is [13CH3]C(O)[13C](=O)O. The zero-order valence-electron chi connectivity index (χ0n) is 3.38. The third-order valence-electron chi connectivity index (χ3n) is 0.357. The van der Waals surface area contributed by atoms with Crippen LogP contribution in [0.2, 0.25) is 0 Å². The standard InChI is InChI=1S/C3H6O3/c1-2(4)3(5)6/h2,4H,1H3,(H,5,6)/i1+1,3+1. The molecule has 0 aromatic carbocycles. The second kappa shape index (κ2) is 1.77. The monoisotopic (exact) mass is 92.0 g/mol. The second-order valence-electron chi connectivity index (χ2n) is 1.01. The van der Waals surface area contributed by atoms with Crippen LogP contribution in [0.5, 0.6) is 0 Å². The molecule has 0 radical (unpaired) electrons. The first-order valence-corrected chi connectivity index (χ1v) is 1.55. The molecule has 0 amide bonds. The maximum Gasteiger partial charge on any atom is 0.332 e. The Labute approximate surface area is 35.2 Å². The summed E-state index contributed by atoms with van der Waals surface area (Å²) in [6.45, 7) is 1.20. The van der Waals surface area contributed by atoms with Gasteiger partial charge in [0.05, 0.1) is 0 Å². The van der Waals surface area contributed by atoms with Gasteiger partial charge < -0.3 is 10.2 Å². The number of carboxylic acid groups (broad SMARTS) is 1. The van der Waals surface area contributed by atoms with Gasteiger partial charge in [-0.15, -0.1) is 0 Å². The summed E-state index contributed by atoms with van der Waals surface area (Å²) in [4.78, 5) is 9.45. The number of aliphatic carboxylic acids is 1. The maximum atomic E-state index is 9.45. The van der Waals surface area contributed by atoms with Gasteiger partial charge in [-0.05, 0) is 6.92 Å². The topological polar surface area (TPSA) is 57.5 Å². The van der Waals surface area contributed by atoms with Crippen molar-refractivity contribution in [3.63, 3.8) is 0 Å². The molecule has 3 nitrogen and oxygen atoms in total. The second-order valence-corrected chi connectivity index (χ2v) is 1.01.